The van der Waals surface area contributed by atoms with Gasteiger partial charge in [-0.25, -0.2) is 14.6 Å². The van der Waals surface area contributed by atoms with Gasteiger partial charge in [0.1, 0.15) is 5.82 Å². The summed E-state index contributed by atoms with van der Waals surface area (Å²) in [5.74, 6) is -2.74. The Labute approximate surface area is 216 Å². The summed E-state index contributed by atoms with van der Waals surface area (Å²) in [5, 5.41) is 14.2. The average molecular weight is 562 g/mol. The third-order valence-electron chi connectivity index (χ3n) is 5.23. The Morgan fingerprint density at radius 1 is 0.923 bits per heavy atom. The minimum absolute atomic E-state index is 0.317. The number of pyridine rings is 1. The molecule has 0 aliphatic carbocycles. The molecule has 39 heavy (non-hydrogen) atoms. The van der Waals surface area contributed by atoms with Gasteiger partial charge in [-0.15, -0.1) is 0 Å². The summed E-state index contributed by atoms with van der Waals surface area (Å²) in [6, 6.07) is 10.2. The molecule has 0 fully saturated rings. The van der Waals surface area contributed by atoms with Crippen molar-refractivity contribution in [2.45, 2.75) is 32.0 Å². The summed E-state index contributed by atoms with van der Waals surface area (Å²) >= 11 is 0. The zero-order valence-electron chi connectivity index (χ0n) is 19.7. The van der Waals surface area contributed by atoms with Crippen LogP contribution in [0.2, 0.25) is 0 Å². The van der Waals surface area contributed by atoms with Gasteiger partial charge in [-0.2, -0.15) is 26.3 Å². The van der Waals surface area contributed by atoms with Gasteiger partial charge in [0.2, 0.25) is 6.79 Å². The Morgan fingerprint density at radius 2 is 1.56 bits per heavy atom. The molecule has 2 aromatic heterocycles. The van der Waals surface area contributed by atoms with E-state index in [9.17, 15) is 26.3 Å². The predicted molar refractivity (Wildman–Crippen MR) is 120 cm³/mol. The molecule has 0 atom stereocenters. The number of nitrogens with zero attached hydrogens (tertiary/aromatic N) is 4. The minimum atomic E-state index is -5.08. The molecular formula is C23H20F6N4O6. The lowest BCUT2D eigenvalue weighted by Gasteiger charge is -2.28. The minimum Gasteiger partial charge on any atom is -0.475 e. The number of imidazole rings is 1. The summed E-state index contributed by atoms with van der Waals surface area (Å²) < 4.78 is 76.6. The molecule has 1 aromatic carbocycles. The summed E-state index contributed by atoms with van der Waals surface area (Å²) in [4.78, 5) is 29.0. The van der Waals surface area contributed by atoms with E-state index >= 15 is 0 Å². The van der Waals surface area contributed by atoms with Crippen LogP contribution in [0.1, 0.15) is 11.4 Å². The summed E-state index contributed by atoms with van der Waals surface area (Å²) in [7, 11) is 0. The molecule has 3 aromatic rings. The molecule has 210 valence electrons. The quantitative estimate of drug-likeness (QED) is 0.456. The maximum Gasteiger partial charge on any atom is 0.490 e. The standard InChI is InChI=1S/C19H18N4O2.2C2HF3O2/c1-2-15(9-20-5-1)16-10-21-19-12-22(6-7-23(16)19)11-14-3-4-17-18(8-14)25-13-24-17;2*3-2(4,5)1(6)7/h1-5,8-10H,6-7,11-13H2;2*(H,6,7). The molecule has 5 rings (SSSR count). The molecule has 0 saturated heterocycles. The molecule has 0 bridgehead atoms. The summed E-state index contributed by atoms with van der Waals surface area (Å²) in [6.07, 6.45) is -4.52. The Morgan fingerprint density at radius 3 is 2.15 bits per heavy atom. The topological polar surface area (TPSA) is 127 Å². The van der Waals surface area contributed by atoms with Crippen LogP contribution in [-0.2, 0) is 29.2 Å². The fraction of sp³-hybridized carbons (Fsp3) is 0.304. The van der Waals surface area contributed by atoms with Crippen LogP contribution in [-0.4, -0.2) is 67.3 Å². The second kappa shape index (κ2) is 12.0. The monoisotopic (exact) mass is 562 g/mol. The molecule has 2 N–H and O–H groups in total. The van der Waals surface area contributed by atoms with Crippen molar-refractivity contribution in [1.82, 2.24) is 19.4 Å². The number of carboxylic acids is 2. The van der Waals surface area contributed by atoms with E-state index in [1.54, 1.807) is 6.20 Å². The van der Waals surface area contributed by atoms with Crippen molar-refractivity contribution in [1.29, 1.82) is 0 Å². The van der Waals surface area contributed by atoms with Crippen LogP contribution in [0, 0.1) is 0 Å². The zero-order valence-corrected chi connectivity index (χ0v) is 19.7. The molecule has 2 aliphatic rings. The fourth-order valence-corrected chi connectivity index (χ4v) is 3.49. The molecule has 0 saturated carbocycles. The normalized spacial score (nSPS) is 14.3. The van der Waals surface area contributed by atoms with Gasteiger partial charge in [-0.05, 0) is 29.8 Å². The number of fused-ring (bicyclic) bond motifs is 2. The van der Waals surface area contributed by atoms with Crippen molar-refractivity contribution in [3.63, 3.8) is 0 Å². The number of hydrogen-bond donors (Lipinski definition) is 2. The molecule has 0 spiro atoms. The highest BCUT2D eigenvalue weighted by atomic mass is 19.4. The predicted octanol–water partition coefficient (Wildman–Crippen LogP) is 3.96. The second-order valence-corrected chi connectivity index (χ2v) is 7.96. The number of ether oxygens (including phenoxy) is 2. The Hall–Kier alpha value is -4.34. The lowest BCUT2D eigenvalue weighted by Crippen LogP contribution is -2.33. The number of carbonyl (C=O) groups is 2. The maximum atomic E-state index is 10.6. The van der Waals surface area contributed by atoms with Gasteiger partial charge in [-0.1, -0.05) is 6.07 Å². The van der Waals surface area contributed by atoms with Gasteiger partial charge >= 0.3 is 24.3 Å². The fourth-order valence-electron chi connectivity index (χ4n) is 3.49. The van der Waals surface area contributed by atoms with E-state index in [-0.39, 0.29) is 0 Å². The smallest absolute Gasteiger partial charge is 0.475 e. The van der Waals surface area contributed by atoms with Crippen molar-refractivity contribution in [2.75, 3.05) is 13.3 Å². The summed E-state index contributed by atoms with van der Waals surface area (Å²) in [6.45, 7) is 3.96. The van der Waals surface area contributed by atoms with E-state index in [4.69, 9.17) is 29.3 Å². The van der Waals surface area contributed by atoms with Crippen LogP contribution in [0.25, 0.3) is 11.3 Å². The molecule has 10 nitrogen and oxygen atoms in total. The molecule has 0 unspecified atom stereocenters. The van der Waals surface area contributed by atoms with Gasteiger partial charge in [0.25, 0.3) is 0 Å². The van der Waals surface area contributed by atoms with Crippen molar-refractivity contribution in [2.24, 2.45) is 0 Å². The van der Waals surface area contributed by atoms with Crippen LogP contribution >= 0.6 is 0 Å². The van der Waals surface area contributed by atoms with E-state index in [1.165, 1.54) is 5.56 Å². The number of alkyl halides is 6. The zero-order chi connectivity index (χ0) is 28.8. The molecule has 16 heteroatoms. The van der Waals surface area contributed by atoms with Crippen LogP contribution in [0.3, 0.4) is 0 Å². The first kappa shape index (κ1) is 29.2. The first-order chi connectivity index (χ1) is 18.3. The number of benzene rings is 1. The number of hydrogen-bond acceptors (Lipinski definition) is 7. The van der Waals surface area contributed by atoms with Crippen molar-refractivity contribution in [3.05, 3.63) is 60.3 Å². The molecule has 2 aliphatic heterocycles. The Kier molecular flexibility index (Phi) is 9.00. The van der Waals surface area contributed by atoms with Crippen LogP contribution < -0.4 is 9.47 Å². The van der Waals surface area contributed by atoms with E-state index in [0.29, 0.717) is 6.79 Å². The first-order valence-electron chi connectivity index (χ1n) is 10.9. The van der Waals surface area contributed by atoms with Crippen LogP contribution in [0.4, 0.5) is 26.3 Å². The van der Waals surface area contributed by atoms with Crippen molar-refractivity contribution >= 4 is 11.9 Å². The number of halogens is 6. The Bertz CT molecular complexity index is 1270. The second-order valence-electron chi connectivity index (χ2n) is 7.96. The van der Waals surface area contributed by atoms with Crippen molar-refractivity contribution in [3.8, 4) is 22.8 Å². The van der Waals surface area contributed by atoms with Crippen LogP contribution in [0.5, 0.6) is 11.5 Å². The third kappa shape index (κ3) is 8.07. The van der Waals surface area contributed by atoms with Gasteiger partial charge in [0, 0.05) is 37.6 Å². The number of rotatable bonds is 3. The highest BCUT2D eigenvalue weighted by Crippen LogP contribution is 2.33. The molecule has 4 heterocycles. The van der Waals surface area contributed by atoms with E-state index in [2.05, 4.69) is 37.6 Å². The average Bonchev–Trinajstić information content (AvgIpc) is 3.50. The van der Waals surface area contributed by atoms with Gasteiger partial charge in [0.15, 0.2) is 11.5 Å². The SMILES string of the molecule is O=C(O)C(F)(F)F.O=C(O)C(F)(F)F.c1cncc(-c2cnc3n2CCN(Cc2ccc4c(c2)OCO4)C3)c1. The van der Waals surface area contributed by atoms with Gasteiger partial charge in [-0.3, -0.25) is 9.88 Å². The highest BCUT2D eigenvalue weighted by molar-refractivity contribution is 5.73. The maximum absolute atomic E-state index is 10.6. The molecule has 0 amide bonds. The van der Waals surface area contributed by atoms with Gasteiger partial charge < -0.3 is 24.3 Å². The largest absolute Gasteiger partial charge is 0.490 e. The van der Waals surface area contributed by atoms with Crippen LogP contribution in [0.15, 0.2) is 48.9 Å². The van der Waals surface area contributed by atoms with Gasteiger partial charge in [0.05, 0.1) is 18.4 Å². The van der Waals surface area contributed by atoms with E-state index < -0.39 is 24.3 Å². The Balaban J connectivity index is 0.000000251. The molecule has 0 radical (unpaired) electrons. The number of aromatic nitrogens is 3. The highest BCUT2D eigenvalue weighted by Gasteiger charge is 2.38. The van der Waals surface area contributed by atoms with E-state index in [0.717, 1.165) is 54.8 Å². The first-order valence-corrected chi connectivity index (χ1v) is 10.9. The number of carboxylic acid groups (broad SMARTS) is 2. The lowest BCUT2D eigenvalue weighted by molar-refractivity contribution is -0.193. The van der Waals surface area contributed by atoms with Crippen molar-refractivity contribution < 1.29 is 55.6 Å². The van der Waals surface area contributed by atoms with E-state index in [1.807, 2.05) is 24.5 Å². The number of aliphatic carboxylic acids is 2. The molecular weight excluding hydrogens is 542 g/mol. The lowest BCUT2D eigenvalue weighted by atomic mass is 10.1. The third-order valence-corrected chi connectivity index (χ3v) is 5.23. The summed E-state index contributed by atoms with van der Waals surface area (Å²) in [5.41, 5.74) is 3.49.